The lowest BCUT2D eigenvalue weighted by Gasteiger charge is -2.27. The molecule has 8 rings (SSSR count). The molecule has 1 aromatic carbocycles. The molecule has 7 heterocycles. The Balaban J connectivity index is 1.07. The molecular formula is C35H38N10O12P2S. The van der Waals surface area contributed by atoms with Crippen LogP contribution in [0.4, 0.5) is 11.8 Å². The lowest BCUT2D eigenvalue weighted by molar-refractivity contribution is -0.118. The van der Waals surface area contributed by atoms with Gasteiger partial charge < -0.3 is 33.3 Å². The highest BCUT2D eigenvalue weighted by atomic mass is 32.5. The highest BCUT2D eigenvalue weighted by molar-refractivity contribution is 8.07. The second kappa shape index (κ2) is 17.3. The molecule has 2 unspecified atom stereocenters. The average molecular weight is 885 g/mol. The molecule has 4 aromatic heterocycles. The van der Waals surface area contributed by atoms with Gasteiger partial charge in [0, 0.05) is 30.5 Å². The van der Waals surface area contributed by atoms with E-state index < -0.39 is 75.4 Å². The number of phosphoric ester groups is 1. The van der Waals surface area contributed by atoms with Crippen molar-refractivity contribution in [3.63, 3.8) is 0 Å². The molecule has 5 aromatic rings. The second-order valence-electron chi connectivity index (χ2n) is 14.2. The molecule has 3 fully saturated rings. The number of benzene rings is 1. The van der Waals surface area contributed by atoms with Gasteiger partial charge in [0.1, 0.15) is 42.3 Å². The van der Waals surface area contributed by atoms with Crippen LogP contribution in [0.3, 0.4) is 0 Å². The van der Waals surface area contributed by atoms with Gasteiger partial charge in [-0.25, -0.2) is 19.5 Å². The van der Waals surface area contributed by atoms with Crippen LogP contribution in [0.5, 0.6) is 0 Å². The number of anilines is 2. The number of ether oxygens (including phenoxy) is 2. The molecule has 316 valence electrons. The zero-order valence-corrected chi connectivity index (χ0v) is 34.5. The Hall–Kier alpha value is -4.82. The monoisotopic (exact) mass is 884 g/mol. The summed E-state index contributed by atoms with van der Waals surface area (Å²) in [4.78, 5) is 69.5. The van der Waals surface area contributed by atoms with Crippen LogP contribution >= 0.6 is 14.5 Å². The van der Waals surface area contributed by atoms with E-state index in [1.807, 2.05) is 6.07 Å². The van der Waals surface area contributed by atoms with Crippen LogP contribution < -0.4 is 16.2 Å². The van der Waals surface area contributed by atoms with Crippen molar-refractivity contribution in [3.05, 3.63) is 71.2 Å². The molecule has 4 N–H and O–H groups in total. The van der Waals surface area contributed by atoms with Gasteiger partial charge in [0.05, 0.1) is 50.1 Å². The summed E-state index contributed by atoms with van der Waals surface area (Å²) in [6.45, 7) is -1.86. The summed E-state index contributed by atoms with van der Waals surface area (Å²) in [6, 6.07) is 12.3. The highest BCUT2D eigenvalue weighted by Gasteiger charge is 2.47. The van der Waals surface area contributed by atoms with Crippen molar-refractivity contribution in [2.45, 2.75) is 70.0 Å². The number of imidazole rings is 1. The summed E-state index contributed by atoms with van der Waals surface area (Å²) < 4.78 is 59.5. The number of fused-ring (bicyclic) bond motifs is 5. The number of H-pyrrole nitrogens is 1. The average Bonchev–Trinajstić information content (AvgIpc) is 4.02. The second-order valence-corrected chi connectivity index (χ2v) is 18.6. The molecule has 8 atom stereocenters. The highest BCUT2D eigenvalue weighted by Crippen LogP contribution is 2.56. The number of carbonyl (C=O) groups is 2. The van der Waals surface area contributed by atoms with E-state index in [1.54, 1.807) is 61.0 Å². The van der Waals surface area contributed by atoms with E-state index in [-0.39, 0.29) is 61.3 Å². The molecule has 0 aliphatic carbocycles. The number of nitriles is 1. The number of aromatic nitrogens is 7. The summed E-state index contributed by atoms with van der Waals surface area (Å²) in [7, 11) is -4.49. The molecule has 3 saturated heterocycles. The SMILES string of the molecule is CC(C)C(=O)Nc1nc2c(ncn2[C@@H]2O[C@@H]3COP(=O)(OCCC#N)O[C@H]4C[C@H](n5ccc6c(NC(=O)c7ccccc7)ncnc65)O[C@@H]4COP(O)(=S)O[C@@H]2C3)c(=O)[nH]1. The fourth-order valence-electron chi connectivity index (χ4n) is 6.81. The Morgan fingerprint density at radius 2 is 1.85 bits per heavy atom. The Labute approximate surface area is 345 Å². The number of hydrogen-bond acceptors (Lipinski definition) is 17. The zero-order valence-electron chi connectivity index (χ0n) is 31.9. The standard InChI is InChI=1S/C35H38N10O12P2S/c1-19(2)31(46)42-35-41-30-27(33(48)43-35)39-18-45(30)34-24-13-21(54-34)15-52-58(49,51-12-6-10-36)56-23-14-26(55-25(23)16-53-59(50,60)57-24)44-11-9-22-28(37-17-38-29(22)44)40-32(47)20-7-4-3-5-8-20/h3-5,7-9,11,17-19,21,23-26,34H,6,12-16H2,1-2H3,(H,50,60)(H,37,38,40,47)(H2,41,42,43,46,48)/t21-,23-,24+,25+,26+,34+,58?,59?/m0/s1. The smallest absolute Gasteiger partial charge is 0.349 e. The van der Waals surface area contributed by atoms with E-state index in [2.05, 4.69) is 35.6 Å². The van der Waals surface area contributed by atoms with Gasteiger partial charge in [-0.3, -0.25) is 42.8 Å². The minimum absolute atomic E-state index is 0.00671. The summed E-state index contributed by atoms with van der Waals surface area (Å²) in [5.41, 5.74) is 0.127. The first-order chi connectivity index (χ1) is 28.8. The first-order valence-corrected chi connectivity index (χ1v) is 22.7. The molecule has 2 amide bonds. The van der Waals surface area contributed by atoms with Crippen molar-refractivity contribution >= 4 is 72.1 Å². The summed E-state index contributed by atoms with van der Waals surface area (Å²) in [5, 5.41) is 15.1. The van der Waals surface area contributed by atoms with Crippen molar-refractivity contribution < 1.29 is 51.1 Å². The summed E-state index contributed by atoms with van der Waals surface area (Å²) in [5.74, 6) is -1.05. The van der Waals surface area contributed by atoms with Gasteiger partial charge >= 0.3 is 14.5 Å². The predicted octanol–water partition coefficient (Wildman–Crippen LogP) is 4.06. The van der Waals surface area contributed by atoms with E-state index in [9.17, 15) is 29.1 Å². The van der Waals surface area contributed by atoms with Crippen molar-refractivity contribution in [2.24, 2.45) is 5.92 Å². The van der Waals surface area contributed by atoms with Crippen molar-refractivity contribution in [1.29, 1.82) is 5.26 Å². The number of hydrogen-bond donors (Lipinski definition) is 4. The van der Waals surface area contributed by atoms with E-state index in [4.69, 9.17) is 43.9 Å². The van der Waals surface area contributed by atoms with Gasteiger partial charge in [0.2, 0.25) is 11.9 Å². The molecule has 3 aliphatic rings. The molecule has 2 bridgehead atoms. The number of rotatable bonds is 9. The molecular weight excluding hydrogens is 846 g/mol. The van der Waals surface area contributed by atoms with Gasteiger partial charge in [-0.1, -0.05) is 32.0 Å². The van der Waals surface area contributed by atoms with Crippen LogP contribution in [0.1, 0.15) is 55.9 Å². The first-order valence-electron chi connectivity index (χ1n) is 18.7. The molecule has 3 aliphatic heterocycles. The van der Waals surface area contributed by atoms with Gasteiger partial charge in [0.25, 0.3) is 11.5 Å². The Morgan fingerprint density at radius 3 is 2.63 bits per heavy atom. The number of nitrogens with one attached hydrogen (secondary N) is 3. The van der Waals surface area contributed by atoms with Gasteiger partial charge in [-0.05, 0) is 30.0 Å². The molecule has 25 heteroatoms. The third kappa shape index (κ3) is 8.95. The minimum Gasteiger partial charge on any atom is -0.349 e. The Kier molecular flexibility index (Phi) is 12.1. The Morgan fingerprint density at radius 1 is 1.03 bits per heavy atom. The van der Waals surface area contributed by atoms with Crippen molar-refractivity contribution in [1.82, 2.24) is 34.1 Å². The zero-order chi connectivity index (χ0) is 42.2. The van der Waals surface area contributed by atoms with Crippen LogP contribution in [0.25, 0.3) is 22.2 Å². The fraction of sp³-hybridized carbons (Fsp3) is 0.429. The van der Waals surface area contributed by atoms with E-state index in [0.717, 1.165) is 0 Å². The maximum atomic E-state index is 14.4. The number of carbonyl (C=O) groups excluding carboxylic acids is 2. The first kappa shape index (κ1) is 41.9. The molecule has 22 nitrogen and oxygen atoms in total. The normalized spacial score (nSPS) is 28.4. The van der Waals surface area contributed by atoms with Crippen molar-refractivity contribution in [2.75, 3.05) is 30.5 Å². The number of nitrogens with zero attached hydrogens (tertiary/aromatic N) is 7. The van der Waals surface area contributed by atoms with E-state index in [0.29, 0.717) is 16.6 Å². The van der Waals surface area contributed by atoms with Gasteiger partial charge in [-0.2, -0.15) is 10.2 Å². The number of aromatic amines is 1. The third-order valence-electron chi connectivity index (χ3n) is 9.70. The minimum atomic E-state index is -4.49. The van der Waals surface area contributed by atoms with Crippen molar-refractivity contribution in [3.8, 4) is 6.07 Å². The predicted molar refractivity (Wildman–Crippen MR) is 213 cm³/mol. The molecule has 60 heavy (non-hydrogen) atoms. The van der Waals surface area contributed by atoms with Crippen LogP contribution in [0, 0.1) is 17.2 Å². The number of phosphoric acid groups is 1. The van der Waals surface area contributed by atoms with Crippen LogP contribution in [0.15, 0.2) is 60.0 Å². The lowest BCUT2D eigenvalue weighted by atomic mass is 10.2. The van der Waals surface area contributed by atoms with Gasteiger partial charge in [0.15, 0.2) is 17.4 Å². The quantitative estimate of drug-likeness (QED) is 0.120. The van der Waals surface area contributed by atoms with E-state index >= 15 is 0 Å². The molecule has 0 spiro atoms. The fourth-order valence-corrected chi connectivity index (χ4v) is 9.67. The topological polar surface area (TPSA) is 278 Å². The molecule has 0 saturated carbocycles. The summed E-state index contributed by atoms with van der Waals surface area (Å²) >= 11 is 5.47. The van der Waals surface area contributed by atoms with E-state index in [1.165, 1.54) is 17.2 Å². The summed E-state index contributed by atoms with van der Waals surface area (Å²) in [6.07, 6.45) is -1.83. The van der Waals surface area contributed by atoms with Crippen LogP contribution in [0.2, 0.25) is 0 Å². The maximum absolute atomic E-state index is 14.4. The van der Waals surface area contributed by atoms with Crippen LogP contribution in [-0.4, -0.2) is 95.0 Å². The number of amides is 2. The maximum Gasteiger partial charge on any atom is 0.475 e. The van der Waals surface area contributed by atoms with Gasteiger partial charge in [-0.15, -0.1) is 0 Å². The largest absolute Gasteiger partial charge is 0.475 e. The van der Waals surface area contributed by atoms with Crippen LogP contribution in [-0.2, 0) is 53.3 Å². The third-order valence-corrected chi connectivity index (χ3v) is 12.8. The Bertz CT molecular complexity index is 2620. The lowest BCUT2D eigenvalue weighted by Crippen LogP contribution is -2.29. The molecule has 0 radical (unpaired) electrons.